The SMILES string of the molecule is Cc1cc(C)cc(-c2nccc3cc(C(F)(F)F)ccc23)c1. The van der Waals surface area contributed by atoms with E-state index in [-0.39, 0.29) is 0 Å². The van der Waals surface area contributed by atoms with Gasteiger partial charge in [-0.05, 0) is 49.6 Å². The molecule has 1 aromatic heterocycles. The first-order valence-electron chi connectivity index (χ1n) is 6.89. The first-order valence-corrected chi connectivity index (χ1v) is 6.89. The van der Waals surface area contributed by atoms with Crippen LogP contribution in [0.1, 0.15) is 16.7 Å². The van der Waals surface area contributed by atoms with Crippen LogP contribution < -0.4 is 0 Å². The fourth-order valence-corrected chi connectivity index (χ4v) is 2.70. The van der Waals surface area contributed by atoms with E-state index < -0.39 is 11.7 Å². The van der Waals surface area contributed by atoms with Gasteiger partial charge in [0.05, 0.1) is 11.3 Å². The molecule has 0 aliphatic rings. The van der Waals surface area contributed by atoms with E-state index in [4.69, 9.17) is 0 Å². The highest BCUT2D eigenvalue weighted by atomic mass is 19.4. The predicted molar refractivity (Wildman–Crippen MR) is 81.7 cm³/mol. The van der Waals surface area contributed by atoms with E-state index >= 15 is 0 Å². The van der Waals surface area contributed by atoms with Gasteiger partial charge >= 0.3 is 6.18 Å². The Balaban J connectivity index is 2.23. The molecule has 3 rings (SSSR count). The van der Waals surface area contributed by atoms with Crippen LogP contribution in [0.15, 0.2) is 48.7 Å². The van der Waals surface area contributed by atoms with Crippen molar-refractivity contribution in [2.75, 3.05) is 0 Å². The van der Waals surface area contributed by atoms with E-state index in [1.54, 1.807) is 12.3 Å². The van der Waals surface area contributed by atoms with Crippen molar-refractivity contribution in [1.29, 1.82) is 0 Å². The maximum absolute atomic E-state index is 12.8. The molecule has 0 bridgehead atoms. The van der Waals surface area contributed by atoms with Crippen molar-refractivity contribution in [1.82, 2.24) is 4.98 Å². The molecule has 0 aliphatic heterocycles. The third kappa shape index (κ3) is 2.69. The van der Waals surface area contributed by atoms with Gasteiger partial charge in [-0.25, -0.2) is 0 Å². The number of hydrogen-bond acceptors (Lipinski definition) is 1. The van der Waals surface area contributed by atoms with Gasteiger partial charge in [0.1, 0.15) is 0 Å². The smallest absolute Gasteiger partial charge is 0.256 e. The highest BCUT2D eigenvalue weighted by Gasteiger charge is 2.30. The molecule has 0 aliphatic carbocycles. The van der Waals surface area contributed by atoms with E-state index in [0.29, 0.717) is 11.1 Å². The van der Waals surface area contributed by atoms with Crippen molar-refractivity contribution in [2.24, 2.45) is 0 Å². The summed E-state index contributed by atoms with van der Waals surface area (Å²) < 4.78 is 38.5. The molecular weight excluding hydrogens is 287 g/mol. The lowest BCUT2D eigenvalue weighted by Crippen LogP contribution is -2.04. The normalized spacial score (nSPS) is 11.9. The lowest BCUT2D eigenvalue weighted by atomic mass is 9.99. The average Bonchev–Trinajstić information content (AvgIpc) is 2.44. The van der Waals surface area contributed by atoms with E-state index in [0.717, 1.165) is 28.1 Å². The largest absolute Gasteiger partial charge is 0.416 e. The van der Waals surface area contributed by atoms with Crippen LogP contribution >= 0.6 is 0 Å². The summed E-state index contributed by atoms with van der Waals surface area (Å²) in [6.45, 7) is 3.98. The summed E-state index contributed by atoms with van der Waals surface area (Å²) in [4.78, 5) is 4.37. The summed E-state index contributed by atoms with van der Waals surface area (Å²) >= 11 is 0. The minimum absolute atomic E-state index is 0.541. The topological polar surface area (TPSA) is 12.9 Å². The number of benzene rings is 2. The summed E-state index contributed by atoms with van der Waals surface area (Å²) in [6.07, 6.45) is -2.78. The van der Waals surface area contributed by atoms with Gasteiger partial charge in [0.25, 0.3) is 0 Å². The molecule has 0 atom stereocenters. The van der Waals surface area contributed by atoms with Crippen molar-refractivity contribution < 1.29 is 13.2 Å². The van der Waals surface area contributed by atoms with E-state index in [1.807, 2.05) is 26.0 Å². The molecule has 4 heteroatoms. The Morgan fingerprint density at radius 1 is 0.864 bits per heavy atom. The van der Waals surface area contributed by atoms with E-state index in [2.05, 4.69) is 11.1 Å². The van der Waals surface area contributed by atoms with Crippen molar-refractivity contribution in [3.63, 3.8) is 0 Å². The molecular formula is C18H14F3N. The second-order valence-corrected chi connectivity index (χ2v) is 5.47. The number of aryl methyl sites for hydroxylation is 2. The van der Waals surface area contributed by atoms with Gasteiger partial charge in [0.15, 0.2) is 0 Å². The third-order valence-electron chi connectivity index (χ3n) is 3.59. The van der Waals surface area contributed by atoms with Gasteiger partial charge in [-0.1, -0.05) is 23.3 Å². The number of alkyl halides is 3. The van der Waals surface area contributed by atoms with Crippen LogP contribution in [0, 0.1) is 13.8 Å². The van der Waals surface area contributed by atoms with Crippen LogP contribution in [-0.2, 0) is 6.18 Å². The maximum Gasteiger partial charge on any atom is 0.416 e. The van der Waals surface area contributed by atoms with Crippen LogP contribution in [0.3, 0.4) is 0 Å². The van der Waals surface area contributed by atoms with Crippen LogP contribution in [0.2, 0.25) is 0 Å². The molecule has 0 radical (unpaired) electrons. The van der Waals surface area contributed by atoms with Crippen LogP contribution in [0.5, 0.6) is 0 Å². The number of hydrogen-bond donors (Lipinski definition) is 0. The number of aromatic nitrogens is 1. The lowest BCUT2D eigenvalue weighted by molar-refractivity contribution is -0.137. The van der Waals surface area contributed by atoms with Gasteiger partial charge in [0, 0.05) is 17.1 Å². The Morgan fingerprint density at radius 3 is 2.18 bits per heavy atom. The molecule has 0 fully saturated rings. The van der Waals surface area contributed by atoms with Crippen LogP contribution in [-0.4, -0.2) is 4.98 Å². The monoisotopic (exact) mass is 301 g/mol. The maximum atomic E-state index is 12.8. The molecule has 0 amide bonds. The molecule has 0 N–H and O–H groups in total. The van der Waals surface area contributed by atoms with Crippen molar-refractivity contribution in [3.8, 4) is 11.3 Å². The van der Waals surface area contributed by atoms with Gasteiger partial charge in [-0.2, -0.15) is 13.2 Å². The summed E-state index contributed by atoms with van der Waals surface area (Å²) in [5, 5.41) is 1.26. The quantitative estimate of drug-likeness (QED) is 0.575. The molecule has 0 unspecified atom stereocenters. The van der Waals surface area contributed by atoms with Crippen molar-refractivity contribution in [3.05, 3.63) is 65.4 Å². The predicted octanol–water partition coefficient (Wildman–Crippen LogP) is 5.54. The van der Waals surface area contributed by atoms with Crippen molar-refractivity contribution in [2.45, 2.75) is 20.0 Å². The Morgan fingerprint density at radius 2 is 1.55 bits per heavy atom. The summed E-state index contributed by atoms with van der Waals surface area (Å²) in [5.41, 5.74) is 3.18. The summed E-state index contributed by atoms with van der Waals surface area (Å²) in [7, 11) is 0. The first-order chi connectivity index (χ1) is 10.3. The molecule has 0 spiro atoms. The molecule has 0 saturated heterocycles. The minimum Gasteiger partial charge on any atom is -0.256 e. The highest BCUT2D eigenvalue weighted by molar-refractivity contribution is 5.95. The molecule has 1 heterocycles. The standard InChI is InChI=1S/C18H14F3N/c1-11-7-12(2)9-14(8-11)17-16-4-3-15(18(19,20)21)10-13(16)5-6-22-17/h3-10H,1-2H3. The minimum atomic E-state index is -4.34. The highest BCUT2D eigenvalue weighted by Crippen LogP contribution is 2.34. The van der Waals surface area contributed by atoms with E-state index in [9.17, 15) is 13.2 Å². The summed E-state index contributed by atoms with van der Waals surface area (Å²) in [6, 6.07) is 11.4. The molecule has 112 valence electrons. The lowest BCUT2D eigenvalue weighted by Gasteiger charge is -2.11. The fraction of sp³-hybridized carbons (Fsp3) is 0.167. The Hall–Kier alpha value is -2.36. The zero-order valence-corrected chi connectivity index (χ0v) is 12.2. The molecule has 22 heavy (non-hydrogen) atoms. The Bertz CT molecular complexity index is 830. The molecule has 2 aromatic carbocycles. The Labute approximate surface area is 126 Å². The zero-order valence-electron chi connectivity index (χ0n) is 12.2. The second kappa shape index (κ2) is 5.13. The molecule has 0 saturated carbocycles. The summed E-state index contributed by atoms with van der Waals surface area (Å²) in [5.74, 6) is 0. The Kier molecular flexibility index (Phi) is 3.39. The van der Waals surface area contributed by atoms with Crippen LogP contribution in [0.4, 0.5) is 13.2 Å². The number of rotatable bonds is 1. The average molecular weight is 301 g/mol. The van der Waals surface area contributed by atoms with Crippen molar-refractivity contribution >= 4 is 10.8 Å². The van der Waals surface area contributed by atoms with Gasteiger partial charge < -0.3 is 0 Å². The van der Waals surface area contributed by atoms with Gasteiger partial charge in [-0.3, -0.25) is 4.98 Å². The number of fused-ring (bicyclic) bond motifs is 1. The second-order valence-electron chi connectivity index (χ2n) is 5.47. The molecule has 1 nitrogen and oxygen atoms in total. The van der Waals surface area contributed by atoms with Gasteiger partial charge in [-0.15, -0.1) is 0 Å². The molecule has 3 aromatic rings. The third-order valence-corrected chi connectivity index (χ3v) is 3.59. The number of halogens is 3. The van der Waals surface area contributed by atoms with Crippen LogP contribution in [0.25, 0.3) is 22.0 Å². The number of pyridine rings is 1. The first kappa shape index (κ1) is 14.6. The zero-order chi connectivity index (χ0) is 15.9. The van der Waals surface area contributed by atoms with Gasteiger partial charge in [0.2, 0.25) is 0 Å². The fourth-order valence-electron chi connectivity index (χ4n) is 2.70. The number of nitrogens with zero attached hydrogens (tertiary/aromatic N) is 1. The van der Waals surface area contributed by atoms with E-state index in [1.165, 1.54) is 12.1 Å².